The Kier molecular flexibility index (Phi) is 5.02. The number of Topliss-reactive ketones (excluding diaryl/α,β-unsaturated/α-hetero) is 1. The molecule has 0 radical (unpaired) electrons. The highest BCUT2D eigenvalue weighted by Crippen LogP contribution is 2.58. The van der Waals surface area contributed by atoms with Gasteiger partial charge in [0.1, 0.15) is 11.4 Å². The number of carbonyl (C=O) groups is 2. The van der Waals surface area contributed by atoms with Crippen molar-refractivity contribution in [3.05, 3.63) is 76.6 Å². The Hall–Kier alpha value is -3.23. The van der Waals surface area contributed by atoms with Crippen LogP contribution >= 0.6 is 11.8 Å². The second-order valence-electron chi connectivity index (χ2n) is 8.46. The summed E-state index contributed by atoms with van der Waals surface area (Å²) in [5, 5.41) is 14.5. The number of rotatable bonds is 3. The third-order valence-electron chi connectivity index (χ3n) is 6.28. The number of ketones is 1. The summed E-state index contributed by atoms with van der Waals surface area (Å²) in [7, 11) is 0. The molecule has 7 nitrogen and oxygen atoms in total. The number of hydrogen-bond acceptors (Lipinski definition) is 6. The molecule has 0 saturated heterocycles. The molecule has 2 aliphatic carbocycles. The molecule has 3 aliphatic rings. The molecule has 1 amide bonds. The molecule has 2 atom stereocenters. The third-order valence-corrected chi connectivity index (χ3v) is 7.14. The molecule has 8 heteroatoms. The number of amides is 1. The number of aromatic amines is 1. The lowest BCUT2D eigenvalue weighted by molar-refractivity contribution is -0.169. The van der Waals surface area contributed by atoms with Crippen LogP contribution in [0.3, 0.4) is 0 Å². The fraction of sp³-hybridized carbons (Fsp3) is 0.280. The van der Waals surface area contributed by atoms with Crippen LogP contribution in [0.5, 0.6) is 5.75 Å². The van der Waals surface area contributed by atoms with E-state index in [0.717, 1.165) is 10.5 Å². The maximum Gasteiger partial charge on any atom is 0.271 e. The highest BCUT2D eigenvalue weighted by atomic mass is 32.2. The van der Waals surface area contributed by atoms with Gasteiger partial charge in [0, 0.05) is 27.9 Å². The van der Waals surface area contributed by atoms with Crippen molar-refractivity contribution in [3.63, 3.8) is 0 Å². The maximum atomic E-state index is 13.8. The predicted octanol–water partition coefficient (Wildman–Crippen LogP) is 3.86. The normalized spacial score (nSPS) is 23.5. The van der Waals surface area contributed by atoms with Crippen LogP contribution < -0.4 is 15.8 Å². The summed E-state index contributed by atoms with van der Waals surface area (Å²) >= 11 is 1.51. The Morgan fingerprint density at radius 2 is 1.85 bits per heavy atom. The van der Waals surface area contributed by atoms with Gasteiger partial charge >= 0.3 is 0 Å². The van der Waals surface area contributed by atoms with E-state index in [9.17, 15) is 14.7 Å². The lowest BCUT2D eigenvalue weighted by Gasteiger charge is -2.34. The van der Waals surface area contributed by atoms with E-state index in [1.807, 2.05) is 13.2 Å². The van der Waals surface area contributed by atoms with Crippen LogP contribution in [-0.4, -0.2) is 28.0 Å². The Balaban J connectivity index is 0.000000705. The van der Waals surface area contributed by atoms with Gasteiger partial charge in [0.2, 0.25) is 11.3 Å². The lowest BCUT2D eigenvalue weighted by Crippen LogP contribution is -2.60. The highest BCUT2D eigenvalue weighted by molar-refractivity contribution is 7.98. The summed E-state index contributed by atoms with van der Waals surface area (Å²) in [6.45, 7) is 1.82. The first-order valence-corrected chi connectivity index (χ1v) is 12.1. The Bertz CT molecular complexity index is 1280. The van der Waals surface area contributed by atoms with Gasteiger partial charge in [-0.1, -0.05) is 49.6 Å². The second kappa shape index (κ2) is 7.67. The van der Waals surface area contributed by atoms with Gasteiger partial charge in [-0.3, -0.25) is 9.59 Å². The van der Waals surface area contributed by atoms with Crippen molar-refractivity contribution in [1.29, 1.82) is 0 Å². The number of H-pyrrole nitrogens is 1. The minimum atomic E-state index is -2.11. The van der Waals surface area contributed by atoms with Crippen LogP contribution in [0.4, 0.5) is 5.69 Å². The first-order valence-electron chi connectivity index (χ1n) is 10.8. The van der Waals surface area contributed by atoms with Crippen LogP contribution in [0.1, 0.15) is 56.8 Å². The standard InChI is InChI=1S/C22H19N3O4S.C3H6/c1-11-16(30-2)10-24-18(11)20(27)25-21-12-6-3-4-9-15(12)29-22(21,28)13-7-5-8-14(23)17(13)19(21)26;1-2-3-1/h3-10,24,28H,23H2,1-2H3,(H,25,27);1-3H2. The number of anilines is 1. The summed E-state index contributed by atoms with van der Waals surface area (Å²) in [6.07, 6.45) is 8.15. The fourth-order valence-electron chi connectivity index (χ4n) is 4.48. The van der Waals surface area contributed by atoms with E-state index in [1.54, 1.807) is 48.7 Å². The van der Waals surface area contributed by atoms with Crippen molar-refractivity contribution in [1.82, 2.24) is 10.3 Å². The molecule has 2 aromatic carbocycles. The number of aliphatic hydroxyl groups is 1. The van der Waals surface area contributed by atoms with Gasteiger partial charge in [0.15, 0.2) is 0 Å². The van der Waals surface area contributed by atoms with E-state index in [-0.39, 0.29) is 16.8 Å². The van der Waals surface area contributed by atoms with E-state index >= 15 is 0 Å². The molecule has 1 fully saturated rings. The van der Waals surface area contributed by atoms with Gasteiger partial charge in [0.25, 0.3) is 11.7 Å². The first-order chi connectivity index (χ1) is 15.8. The predicted molar refractivity (Wildman–Crippen MR) is 126 cm³/mol. The van der Waals surface area contributed by atoms with Crippen molar-refractivity contribution < 1.29 is 19.4 Å². The number of thioether (sulfide) groups is 1. The summed E-state index contributed by atoms with van der Waals surface area (Å²) in [5.41, 5.74) is 6.30. The quantitative estimate of drug-likeness (QED) is 0.346. The van der Waals surface area contributed by atoms with Crippen LogP contribution in [0.2, 0.25) is 0 Å². The number of fused-ring (bicyclic) bond motifs is 5. The fourth-order valence-corrected chi connectivity index (χ4v) is 5.06. The van der Waals surface area contributed by atoms with Crippen LogP contribution in [-0.2, 0) is 11.3 Å². The SMILES string of the molecule is C1CC1.CSc1c[nH]c(C(=O)NC23C(=O)c4c(N)cccc4C2(O)Oc2ccccc23)c1C. The molecule has 0 bridgehead atoms. The summed E-state index contributed by atoms with van der Waals surface area (Å²) < 4.78 is 5.92. The molecule has 3 aromatic rings. The topological polar surface area (TPSA) is 117 Å². The molecule has 5 N–H and O–H groups in total. The largest absolute Gasteiger partial charge is 0.454 e. The van der Waals surface area contributed by atoms with Crippen molar-refractivity contribution in [2.24, 2.45) is 0 Å². The third kappa shape index (κ3) is 3.01. The van der Waals surface area contributed by atoms with E-state index in [2.05, 4.69) is 10.3 Å². The Labute approximate surface area is 195 Å². The average molecular weight is 464 g/mol. The highest BCUT2D eigenvalue weighted by Gasteiger charge is 2.72. The second-order valence-corrected chi connectivity index (χ2v) is 9.31. The van der Waals surface area contributed by atoms with Crippen LogP contribution in [0.15, 0.2) is 53.6 Å². The van der Waals surface area contributed by atoms with Crippen molar-refractivity contribution in [2.75, 3.05) is 12.0 Å². The molecule has 170 valence electrons. The Morgan fingerprint density at radius 3 is 2.52 bits per heavy atom. The molecular weight excluding hydrogens is 438 g/mol. The molecule has 0 spiro atoms. The zero-order valence-corrected chi connectivity index (χ0v) is 19.2. The number of nitrogens with one attached hydrogen (secondary N) is 2. The van der Waals surface area contributed by atoms with Crippen molar-refractivity contribution >= 4 is 29.1 Å². The number of hydrogen-bond donors (Lipinski definition) is 4. The zero-order chi connectivity index (χ0) is 23.4. The van der Waals surface area contributed by atoms with Gasteiger partial charge in [-0.15, -0.1) is 11.8 Å². The smallest absolute Gasteiger partial charge is 0.271 e. The molecule has 6 rings (SSSR count). The van der Waals surface area contributed by atoms with E-state index in [4.69, 9.17) is 10.5 Å². The number of nitrogens with two attached hydrogens (primary N) is 1. The molecule has 1 saturated carbocycles. The van der Waals surface area contributed by atoms with E-state index < -0.39 is 23.0 Å². The Morgan fingerprint density at radius 1 is 1.15 bits per heavy atom. The molecule has 33 heavy (non-hydrogen) atoms. The minimum absolute atomic E-state index is 0.155. The van der Waals surface area contributed by atoms with Crippen molar-refractivity contribution in [3.8, 4) is 5.75 Å². The van der Waals surface area contributed by atoms with Gasteiger partial charge in [-0.25, -0.2) is 0 Å². The zero-order valence-electron chi connectivity index (χ0n) is 18.4. The van der Waals surface area contributed by atoms with Gasteiger partial charge in [-0.05, 0) is 30.9 Å². The molecule has 1 aromatic heterocycles. The number of benzene rings is 2. The number of ether oxygens (including phenoxy) is 1. The first kappa shape index (κ1) is 21.6. The number of nitrogen functional groups attached to an aromatic ring is 1. The maximum absolute atomic E-state index is 13.8. The van der Waals surface area contributed by atoms with E-state index in [1.165, 1.54) is 31.0 Å². The molecule has 2 heterocycles. The summed E-state index contributed by atoms with van der Waals surface area (Å²) in [5.74, 6) is -2.82. The van der Waals surface area contributed by atoms with Gasteiger partial charge in [-0.2, -0.15) is 0 Å². The molecule has 2 unspecified atom stereocenters. The van der Waals surface area contributed by atoms with Crippen LogP contribution in [0, 0.1) is 6.92 Å². The lowest BCUT2D eigenvalue weighted by atomic mass is 9.82. The van der Waals surface area contributed by atoms with Crippen LogP contribution in [0.25, 0.3) is 0 Å². The summed E-state index contributed by atoms with van der Waals surface area (Å²) in [6, 6.07) is 11.6. The van der Waals surface area contributed by atoms with E-state index in [0.29, 0.717) is 17.0 Å². The van der Waals surface area contributed by atoms with Crippen molar-refractivity contribution in [2.45, 2.75) is 42.4 Å². The molecular formula is C25H25N3O4S. The number of carbonyl (C=O) groups excluding carboxylic acids is 2. The van der Waals surface area contributed by atoms with Gasteiger partial charge in [0.05, 0.1) is 5.56 Å². The monoisotopic (exact) mass is 463 g/mol. The van der Waals surface area contributed by atoms with Gasteiger partial charge < -0.3 is 25.9 Å². The number of aromatic nitrogens is 1. The summed E-state index contributed by atoms with van der Waals surface area (Å²) in [4.78, 5) is 31.0. The minimum Gasteiger partial charge on any atom is -0.454 e. The average Bonchev–Trinajstić information content (AvgIpc) is 3.58. The molecule has 1 aliphatic heterocycles. The number of para-hydroxylation sites is 1.